The molecule has 1 aliphatic rings. The number of hydrazone groups is 2. The Hall–Kier alpha value is -2.95. The zero-order valence-corrected chi connectivity index (χ0v) is 12.9. The van der Waals surface area contributed by atoms with Crippen LogP contribution in [0.25, 0.3) is 0 Å². The Kier molecular flexibility index (Phi) is 4.47. The molecule has 2 aromatic carbocycles. The SMILES string of the molecule is CC(=NN(C1=NNC(=O)CC1)c1ccccc1)c1ccccc1. The van der Waals surface area contributed by atoms with E-state index < -0.39 is 0 Å². The predicted molar refractivity (Wildman–Crippen MR) is 92.4 cm³/mol. The minimum atomic E-state index is -0.0643. The van der Waals surface area contributed by atoms with Crippen molar-refractivity contribution < 1.29 is 4.79 Å². The van der Waals surface area contributed by atoms with Gasteiger partial charge in [0.1, 0.15) is 0 Å². The minimum absolute atomic E-state index is 0.0643. The summed E-state index contributed by atoms with van der Waals surface area (Å²) < 4.78 is 0. The number of nitrogens with one attached hydrogen (secondary N) is 1. The second kappa shape index (κ2) is 6.87. The Balaban J connectivity index is 1.97. The number of benzene rings is 2. The summed E-state index contributed by atoms with van der Waals surface area (Å²) in [4.78, 5) is 11.3. The molecule has 3 rings (SSSR count). The molecule has 0 radical (unpaired) electrons. The van der Waals surface area contributed by atoms with Gasteiger partial charge in [-0.1, -0.05) is 48.5 Å². The molecule has 0 bridgehead atoms. The van der Waals surface area contributed by atoms with Crippen molar-refractivity contribution in [3.8, 4) is 0 Å². The van der Waals surface area contributed by atoms with E-state index in [1.807, 2.05) is 67.6 Å². The van der Waals surface area contributed by atoms with Crippen molar-refractivity contribution >= 4 is 23.1 Å². The Labute approximate surface area is 135 Å². The maximum Gasteiger partial charge on any atom is 0.240 e. The van der Waals surface area contributed by atoms with Gasteiger partial charge in [0.25, 0.3) is 0 Å². The number of nitrogens with zero attached hydrogens (tertiary/aromatic N) is 3. The summed E-state index contributed by atoms with van der Waals surface area (Å²) in [7, 11) is 0. The first-order chi connectivity index (χ1) is 11.2. The highest BCUT2D eigenvalue weighted by Crippen LogP contribution is 2.19. The van der Waals surface area contributed by atoms with Gasteiger partial charge in [0, 0.05) is 12.8 Å². The Morgan fingerprint density at radius 1 is 1.04 bits per heavy atom. The summed E-state index contributed by atoms with van der Waals surface area (Å²) in [6, 6.07) is 19.8. The first-order valence-corrected chi connectivity index (χ1v) is 7.55. The van der Waals surface area contributed by atoms with Crippen LogP contribution < -0.4 is 10.4 Å². The molecule has 5 heteroatoms. The third-order valence-electron chi connectivity index (χ3n) is 3.57. The highest BCUT2D eigenvalue weighted by Gasteiger charge is 2.19. The van der Waals surface area contributed by atoms with Gasteiger partial charge in [0.15, 0.2) is 5.84 Å². The van der Waals surface area contributed by atoms with Gasteiger partial charge in [-0.05, 0) is 24.6 Å². The summed E-state index contributed by atoms with van der Waals surface area (Å²) in [5.41, 5.74) is 5.38. The highest BCUT2D eigenvalue weighted by atomic mass is 16.2. The van der Waals surface area contributed by atoms with Crippen LogP contribution in [-0.2, 0) is 4.79 Å². The summed E-state index contributed by atoms with van der Waals surface area (Å²) in [5.74, 6) is 0.664. The zero-order chi connectivity index (χ0) is 16.1. The number of carbonyl (C=O) groups excluding carboxylic acids is 1. The number of anilines is 1. The molecule has 0 spiro atoms. The van der Waals surface area contributed by atoms with Crippen LogP contribution >= 0.6 is 0 Å². The summed E-state index contributed by atoms with van der Waals surface area (Å²) in [6.45, 7) is 1.97. The number of hydrogen-bond donors (Lipinski definition) is 1. The molecule has 1 aliphatic heterocycles. The molecule has 2 aromatic rings. The fourth-order valence-electron chi connectivity index (χ4n) is 2.34. The van der Waals surface area contributed by atoms with E-state index in [0.29, 0.717) is 12.8 Å². The van der Waals surface area contributed by atoms with E-state index in [0.717, 1.165) is 22.8 Å². The third-order valence-corrected chi connectivity index (χ3v) is 3.57. The van der Waals surface area contributed by atoms with E-state index in [1.165, 1.54) is 0 Å². The van der Waals surface area contributed by atoms with Gasteiger partial charge in [0.2, 0.25) is 5.91 Å². The molecule has 0 atom stereocenters. The molecule has 1 N–H and O–H groups in total. The fourth-order valence-corrected chi connectivity index (χ4v) is 2.34. The molecular weight excluding hydrogens is 288 g/mol. The molecule has 5 nitrogen and oxygen atoms in total. The summed E-state index contributed by atoms with van der Waals surface area (Å²) in [5, 5.41) is 10.7. The van der Waals surface area contributed by atoms with E-state index >= 15 is 0 Å². The standard InChI is InChI=1S/C18H18N4O/c1-14(15-8-4-2-5-9-15)21-22(16-10-6-3-7-11-16)17-12-13-18(23)20-19-17/h2-11H,12-13H2,1H3,(H,20,23). The second-order valence-electron chi connectivity index (χ2n) is 5.26. The normalized spacial score (nSPS) is 14.9. The molecular formula is C18H18N4O. The molecule has 0 aromatic heterocycles. The molecule has 0 saturated heterocycles. The van der Waals surface area contributed by atoms with E-state index in [4.69, 9.17) is 5.10 Å². The Morgan fingerprint density at radius 2 is 1.70 bits per heavy atom. The monoisotopic (exact) mass is 306 g/mol. The quantitative estimate of drug-likeness (QED) is 0.699. The molecule has 0 aliphatic carbocycles. The lowest BCUT2D eigenvalue weighted by Crippen LogP contribution is -2.35. The third kappa shape index (κ3) is 3.63. The predicted octanol–water partition coefficient (Wildman–Crippen LogP) is 3.14. The molecule has 0 unspecified atom stereocenters. The average Bonchev–Trinajstić information content (AvgIpc) is 2.62. The number of carbonyl (C=O) groups is 1. The van der Waals surface area contributed by atoms with Gasteiger partial charge in [-0.25, -0.2) is 10.4 Å². The van der Waals surface area contributed by atoms with Crippen LogP contribution in [0.2, 0.25) is 0 Å². The molecule has 0 saturated carbocycles. The fraction of sp³-hybridized carbons (Fsp3) is 0.167. The van der Waals surface area contributed by atoms with Gasteiger partial charge < -0.3 is 0 Å². The zero-order valence-electron chi connectivity index (χ0n) is 12.9. The summed E-state index contributed by atoms with van der Waals surface area (Å²) in [6.07, 6.45) is 0.981. The lowest BCUT2D eigenvalue weighted by Gasteiger charge is -2.24. The van der Waals surface area contributed by atoms with Crippen molar-refractivity contribution in [2.24, 2.45) is 10.2 Å². The second-order valence-corrected chi connectivity index (χ2v) is 5.26. The van der Waals surface area contributed by atoms with Crippen LogP contribution in [0.3, 0.4) is 0 Å². The molecule has 1 heterocycles. The first kappa shape index (κ1) is 15.0. The lowest BCUT2D eigenvalue weighted by molar-refractivity contribution is -0.121. The van der Waals surface area contributed by atoms with Crippen LogP contribution in [0.1, 0.15) is 25.3 Å². The van der Waals surface area contributed by atoms with Gasteiger partial charge in [-0.3, -0.25) is 4.79 Å². The van der Waals surface area contributed by atoms with E-state index in [9.17, 15) is 4.79 Å². The van der Waals surface area contributed by atoms with Crippen molar-refractivity contribution in [1.29, 1.82) is 0 Å². The van der Waals surface area contributed by atoms with Crippen LogP contribution in [0.15, 0.2) is 70.9 Å². The highest BCUT2D eigenvalue weighted by molar-refractivity contribution is 6.05. The number of hydrogen-bond acceptors (Lipinski definition) is 4. The van der Waals surface area contributed by atoms with E-state index in [1.54, 1.807) is 5.01 Å². The van der Waals surface area contributed by atoms with E-state index in [2.05, 4.69) is 10.5 Å². The van der Waals surface area contributed by atoms with Gasteiger partial charge in [-0.15, -0.1) is 0 Å². The van der Waals surface area contributed by atoms with Crippen LogP contribution in [-0.4, -0.2) is 17.5 Å². The van der Waals surface area contributed by atoms with Crippen molar-refractivity contribution in [2.45, 2.75) is 19.8 Å². The molecule has 23 heavy (non-hydrogen) atoms. The maximum atomic E-state index is 11.3. The smallest absolute Gasteiger partial charge is 0.240 e. The van der Waals surface area contributed by atoms with Crippen molar-refractivity contribution in [3.05, 3.63) is 66.2 Å². The molecule has 116 valence electrons. The van der Waals surface area contributed by atoms with Crippen molar-refractivity contribution in [3.63, 3.8) is 0 Å². The van der Waals surface area contributed by atoms with Crippen LogP contribution in [0.4, 0.5) is 5.69 Å². The number of rotatable bonds is 3. The van der Waals surface area contributed by atoms with Gasteiger partial charge in [0.05, 0.1) is 11.4 Å². The topological polar surface area (TPSA) is 57.1 Å². The van der Waals surface area contributed by atoms with Crippen LogP contribution in [0, 0.1) is 0 Å². The van der Waals surface area contributed by atoms with Crippen LogP contribution in [0.5, 0.6) is 0 Å². The lowest BCUT2D eigenvalue weighted by atomic mass is 10.1. The van der Waals surface area contributed by atoms with Crippen molar-refractivity contribution in [1.82, 2.24) is 5.43 Å². The van der Waals surface area contributed by atoms with Gasteiger partial charge >= 0.3 is 0 Å². The number of amidine groups is 1. The molecule has 0 fully saturated rings. The minimum Gasteiger partial charge on any atom is -0.273 e. The van der Waals surface area contributed by atoms with E-state index in [-0.39, 0.29) is 5.91 Å². The Bertz CT molecular complexity index is 738. The first-order valence-electron chi connectivity index (χ1n) is 7.55. The van der Waals surface area contributed by atoms with Gasteiger partial charge in [-0.2, -0.15) is 10.2 Å². The average molecular weight is 306 g/mol. The molecule has 1 amide bonds. The summed E-state index contributed by atoms with van der Waals surface area (Å²) >= 11 is 0. The number of para-hydroxylation sites is 1. The maximum absolute atomic E-state index is 11.3. The van der Waals surface area contributed by atoms with Crippen molar-refractivity contribution in [2.75, 3.05) is 5.01 Å². The Morgan fingerprint density at radius 3 is 2.30 bits per heavy atom. The number of amides is 1. The largest absolute Gasteiger partial charge is 0.273 e.